The average Bonchev–Trinajstić information content (AvgIpc) is 2.32. The fraction of sp³-hybridized carbons (Fsp3) is 0.588. The Hall–Kier alpha value is -1.35. The van der Waals surface area contributed by atoms with Crippen LogP contribution in [0.25, 0.3) is 0 Å². The SMILES string of the molecule is Cc1cc(C)c(C)c(C(O)CNC(=O)C(C)(C)C)c1C. The van der Waals surface area contributed by atoms with Crippen molar-refractivity contribution in [3.05, 3.63) is 33.9 Å². The van der Waals surface area contributed by atoms with E-state index in [9.17, 15) is 9.90 Å². The summed E-state index contributed by atoms with van der Waals surface area (Å²) in [6, 6.07) is 2.13. The van der Waals surface area contributed by atoms with Gasteiger partial charge in [0.1, 0.15) is 0 Å². The van der Waals surface area contributed by atoms with E-state index in [4.69, 9.17) is 0 Å². The molecule has 0 spiro atoms. The van der Waals surface area contributed by atoms with Gasteiger partial charge in [-0.25, -0.2) is 0 Å². The molecule has 1 atom stereocenters. The second-order valence-electron chi connectivity index (χ2n) is 6.65. The Balaban J connectivity index is 2.94. The van der Waals surface area contributed by atoms with Crippen LogP contribution in [0.1, 0.15) is 54.7 Å². The quantitative estimate of drug-likeness (QED) is 0.892. The summed E-state index contributed by atoms with van der Waals surface area (Å²) in [7, 11) is 0. The number of carbonyl (C=O) groups is 1. The Morgan fingerprint density at radius 1 is 1.15 bits per heavy atom. The van der Waals surface area contributed by atoms with Gasteiger partial charge in [0.25, 0.3) is 0 Å². The first-order valence-corrected chi connectivity index (χ1v) is 7.09. The largest absolute Gasteiger partial charge is 0.387 e. The third kappa shape index (κ3) is 3.60. The summed E-state index contributed by atoms with van der Waals surface area (Å²) in [6.45, 7) is 14.0. The van der Waals surface area contributed by atoms with Crippen LogP contribution in [0.15, 0.2) is 6.07 Å². The van der Waals surface area contributed by atoms with Gasteiger partial charge in [-0.2, -0.15) is 0 Å². The van der Waals surface area contributed by atoms with Crippen LogP contribution in [0.2, 0.25) is 0 Å². The number of carbonyl (C=O) groups excluding carboxylic acids is 1. The van der Waals surface area contributed by atoms with Crippen LogP contribution in [0.5, 0.6) is 0 Å². The zero-order chi connectivity index (χ0) is 15.7. The smallest absolute Gasteiger partial charge is 0.225 e. The number of amides is 1. The average molecular weight is 277 g/mol. The first kappa shape index (κ1) is 16.7. The molecule has 1 amide bonds. The Morgan fingerprint density at radius 2 is 1.60 bits per heavy atom. The molecule has 2 N–H and O–H groups in total. The van der Waals surface area contributed by atoms with Gasteiger partial charge in [-0.05, 0) is 55.5 Å². The van der Waals surface area contributed by atoms with Crippen molar-refractivity contribution in [2.45, 2.75) is 54.6 Å². The number of aliphatic hydroxyl groups is 1. The van der Waals surface area contributed by atoms with E-state index < -0.39 is 11.5 Å². The second-order valence-corrected chi connectivity index (χ2v) is 6.65. The molecular weight excluding hydrogens is 250 g/mol. The van der Waals surface area contributed by atoms with Gasteiger partial charge in [0.2, 0.25) is 5.91 Å². The lowest BCUT2D eigenvalue weighted by molar-refractivity contribution is -0.129. The third-order valence-corrected chi connectivity index (χ3v) is 3.89. The number of nitrogens with one attached hydrogen (secondary N) is 1. The maximum Gasteiger partial charge on any atom is 0.225 e. The summed E-state index contributed by atoms with van der Waals surface area (Å²) < 4.78 is 0. The number of aliphatic hydroxyl groups excluding tert-OH is 1. The standard InChI is InChI=1S/C17H27NO2/c1-10-8-11(2)13(4)15(12(10)3)14(19)9-18-16(20)17(5,6)7/h8,14,19H,9H2,1-7H3,(H,18,20). The third-order valence-electron chi connectivity index (χ3n) is 3.89. The molecule has 3 heteroatoms. The molecule has 1 unspecified atom stereocenters. The fourth-order valence-electron chi connectivity index (χ4n) is 2.30. The molecule has 0 aliphatic rings. The number of benzene rings is 1. The highest BCUT2D eigenvalue weighted by Gasteiger charge is 2.23. The summed E-state index contributed by atoms with van der Waals surface area (Å²) in [6.07, 6.45) is -0.667. The summed E-state index contributed by atoms with van der Waals surface area (Å²) in [5, 5.41) is 13.3. The zero-order valence-corrected chi connectivity index (χ0v) is 13.7. The van der Waals surface area contributed by atoms with Crippen molar-refractivity contribution < 1.29 is 9.90 Å². The highest BCUT2D eigenvalue weighted by atomic mass is 16.3. The van der Waals surface area contributed by atoms with Crippen molar-refractivity contribution in [3.8, 4) is 0 Å². The van der Waals surface area contributed by atoms with Crippen molar-refractivity contribution in [2.24, 2.45) is 5.41 Å². The Bertz CT molecular complexity index is 486. The van der Waals surface area contributed by atoms with E-state index in [2.05, 4.69) is 11.4 Å². The van der Waals surface area contributed by atoms with Crippen molar-refractivity contribution in [1.82, 2.24) is 5.32 Å². The lowest BCUT2D eigenvalue weighted by Crippen LogP contribution is -2.37. The van der Waals surface area contributed by atoms with Crippen molar-refractivity contribution in [2.75, 3.05) is 6.54 Å². The fourth-order valence-corrected chi connectivity index (χ4v) is 2.30. The van der Waals surface area contributed by atoms with E-state index in [0.717, 1.165) is 16.7 Å². The van der Waals surface area contributed by atoms with Crippen LogP contribution in [0, 0.1) is 33.1 Å². The predicted octanol–water partition coefficient (Wildman–Crippen LogP) is 3.12. The van der Waals surface area contributed by atoms with Gasteiger partial charge in [-0.3, -0.25) is 4.79 Å². The van der Waals surface area contributed by atoms with Crippen molar-refractivity contribution in [1.29, 1.82) is 0 Å². The van der Waals surface area contributed by atoms with Crippen LogP contribution in [-0.2, 0) is 4.79 Å². The minimum atomic E-state index is -0.667. The van der Waals surface area contributed by atoms with E-state index in [1.807, 2.05) is 48.5 Å². The van der Waals surface area contributed by atoms with Crippen LogP contribution in [-0.4, -0.2) is 17.6 Å². The highest BCUT2D eigenvalue weighted by molar-refractivity contribution is 5.81. The molecule has 0 aliphatic heterocycles. The second kappa shape index (κ2) is 5.96. The Labute approximate surface area is 122 Å². The van der Waals surface area contributed by atoms with E-state index in [0.29, 0.717) is 0 Å². The molecule has 20 heavy (non-hydrogen) atoms. The Kier molecular flexibility index (Phi) is 4.98. The van der Waals surface area contributed by atoms with Gasteiger partial charge in [0.05, 0.1) is 6.10 Å². The maximum absolute atomic E-state index is 11.9. The molecule has 3 nitrogen and oxygen atoms in total. The topological polar surface area (TPSA) is 49.3 Å². The monoisotopic (exact) mass is 277 g/mol. The van der Waals surface area contributed by atoms with Gasteiger partial charge in [-0.1, -0.05) is 26.8 Å². The van der Waals surface area contributed by atoms with Gasteiger partial charge in [0.15, 0.2) is 0 Å². The summed E-state index contributed by atoms with van der Waals surface area (Å²) in [5.41, 5.74) is 5.05. The maximum atomic E-state index is 11.9. The normalized spacial score (nSPS) is 13.2. The molecule has 0 saturated heterocycles. The molecule has 0 saturated carbocycles. The Morgan fingerprint density at radius 3 is 2.00 bits per heavy atom. The molecule has 0 heterocycles. The minimum Gasteiger partial charge on any atom is -0.387 e. The number of hydrogen-bond donors (Lipinski definition) is 2. The van der Waals surface area contributed by atoms with Crippen molar-refractivity contribution >= 4 is 5.91 Å². The number of hydrogen-bond acceptors (Lipinski definition) is 2. The molecule has 1 aromatic carbocycles. The van der Waals surface area contributed by atoms with E-state index in [1.165, 1.54) is 11.1 Å². The van der Waals surface area contributed by atoms with Gasteiger partial charge < -0.3 is 10.4 Å². The predicted molar refractivity (Wildman–Crippen MR) is 82.8 cm³/mol. The van der Waals surface area contributed by atoms with Crippen molar-refractivity contribution in [3.63, 3.8) is 0 Å². The number of aryl methyl sites for hydroxylation is 2. The van der Waals surface area contributed by atoms with Gasteiger partial charge >= 0.3 is 0 Å². The van der Waals surface area contributed by atoms with Crippen LogP contribution >= 0.6 is 0 Å². The lowest BCUT2D eigenvalue weighted by atomic mass is 9.90. The highest BCUT2D eigenvalue weighted by Crippen LogP contribution is 2.27. The molecular formula is C17H27NO2. The van der Waals surface area contributed by atoms with E-state index >= 15 is 0 Å². The summed E-state index contributed by atoms with van der Waals surface area (Å²) >= 11 is 0. The molecule has 0 aromatic heterocycles. The molecule has 0 bridgehead atoms. The first-order valence-electron chi connectivity index (χ1n) is 7.09. The lowest BCUT2D eigenvalue weighted by Gasteiger charge is -2.23. The molecule has 0 fully saturated rings. The van der Waals surface area contributed by atoms with E-state index in [1.54, 1.807) is 0 Å². The van der Waals surface area contributed by atoms with Crippen LogP contribution < -0.4 is 5.32 Å². The van der Waals surface area contributed by atoms with Gasteiger partial charge in [-0.15, -0.1) is 0 Å². The van der Waals surface area contributed by atoms with Gasteiger partial charge in [0, 0.05) is 12.0 Å². The van der Waals surface area contributed by atoms with Crippen LogP contribution in [0.4, 0.5) is 0 Å². The number of rotatable bonds is 3. The molecule has 112 valence electrons. The summed E-state index contributed by atoms with van der Waals surface area (Å²) in [4.78, 5) is 11.9. The summed E-state index contributed by atoms with van der Waals surface area (Å²) in [5.74, 6) is -0.0452. The molecule has 1 aromatic rings. The molecule has 0 radical (unpaired) electrons. The molecule has 1 rings (SSSR count). The van der Waals surface area contributed by atoms with E-state index in [-0.39, 0.29) is 12.5 Å². The minimum absolute atomic E-state index is 0.0452. The van der Waals surface area contributed by atoms with Crippen LogP contribution in [0.3, 0.4) is 0 Å². The molecule has 0 aliphatic carbocycles. The first-order chi connectivity index (χ1) is 9.05. The zero-order valence-electron chi connectivity index (χ0n) is 13.7.